The van der Waals surface area contributed by atoms with Gasteiger partial charge in [-0.1, -0.05) is 72.4 Å². The van der Waals surface area contributed by atoms with E-state index in [0.717, 1.165) is 16.8 Å². The number of nitrogens with zero attached hydrogens (tertiary/aromatic N) is 3. The van der Waals surface area contributed by atoms with Crippen molar-refractivity contribution in [1.29, 1.82) is 0 Å². The van der Waals surface area contributed by atoms with Gasteiger partial charge in [-0.3, -0.25) is 14.2 Å². The van der Waals surface area contributed by atoms with E-state index in [9.17, 15) is 14.0 Å². The lowest BCUT2D eigenvalue weighted by Crippen LogP contribution is -2.36. The molecule has 3 aromatic carbocycles. The van der Waals surface area contributed by atoms with E-state index in [2.05, 4.69) is 20.8 Å². The Morgan fingerprint density at radius 3 is 2.11 bits per heavy atom. The summed E-state index contributed by atoms with van der Waals surface area (Å²) in [7, 11) is 0. The van der Waals surface area contributed by atoms with Gasteiger partial charge in [0.2, 0.25) is 11.8 Å². The van der Waals surface area contributed by atoms with Gasteiger partial charge in [0.25, 0.3) is 0 Å². The van der Waals surface area contributed by atoms with Gasteiger partial charge >= 0.3 is 0 Å². The van der Waals surface area contributed by atoms with Crippen LogP contribution in [0.15, 0.2) is 90.1 Å². The molecule has 0 radical (unpaired) electrons. The molecular formula is C26H24FN5O2S. The second-order valence-corrected chi connectivity index (χ2v) is 8.58. The fourth-order valence-electron chi connectivity index (χ4n) is 3.38. The molecule has 9 heteroatoms. The van der Waals surface area contributed by atoms with Crippen molar-refractivity contribution in [1.82, 2.24) is 25.4 Å². The summed E-state index contributed by atoms with van der Waals surface area (Å²) in [5.41, 5.74) is 2.56. The Bertz CT molecular complexity index is 1260. The molecule has 2 amide bonds. The second-order valence-electron chi connectivity index (χ2n) is 7.63. The molecule has 0 spiro atoms. The molecule has 0 atom stereocenters. The van der Waals surface area contributed by atoms with Gasteiger partial charge < -0.3 is 10.6 Å². The van der Waals surface area contributed by atoms with Crippen molar-refractivity contribution in [2.75, 3.05) is 18.8 Å². The minimum absolute atomic E-state index is 0.156. The number of carbonyl (C=O) groups excluding carboxylic acids is 2. The molecule has 0 bridgehead atoms. The Morgan fingerprint density at radius 1 is 0.800 bits per heavy atom. The molecule has 0 aliphatic heterocycles. The molecule has 7 nitrogen and oxygen atoms in total. The molecule has 4 rings (SSSR count). The first kappa shape index (κ1) is 24.2. The normalized spacial score (nSPS) is 10.7. The number of rotatable bonds is 10. The number of halogens is 1. The van der Waals surface area contributed by atoms with Crippen LogP contribution in [0.3, 0.4) is 0 Å². The van der Waals surface area contributed by atoms with E-state index in [-0.39, 0.29) is 29.8 Å². The summed E-state index contributed by atoms with van der Waals surface area (Å²) >= 11 is 1.29. The minimum atomic E-state index is -0.340. The van der Waals surface area contributed by atoms with Gasteiger partial charge in [-0.25, -0.2) is 4.39 Å². The zero-order chi connectivity index (χ0) is 24.5. The van der Waals surface area contributed by atoms with Crippen LogP contribution in [0, 0.1) is 5.82 Å². The number of para-hydroxylation sites is 1. The number of aromatic nitrogens is 3. The van der Waals surface area contributed by atoms with Crippen LogP contribution in [0.2, 0.25) is 0 Å². The lowest BCUT2D eigenvalue weighted by Gasteiger charge is -2.10. The summed E-state index contributed by atoms with van der Waals surface area (Å²) in [5.74, 6) is 0.149. The molecule has 1 heterocycles. The molecule has 2 N–H and O–H groups in total. The molecule has 1 aromatic heterocycles. The number of thioether (sulfide) groups is 1. The highest BCUT2D eigenvalue weighted by Gasteiger charge is 2.17. The number of amides is 2. The summed E-state index contributed by atoms with van der Waals surface area (Å²) in [6.45, 7) is 0.601. The summed E-state index contributed by atoms with van der Waals surface area (Å²) in [4.78, 5) is 24.4. The third-order valence-electron chi connectivity index (χ3n) is 5.06. The average molecular weight is 490 g/mol. The highest BCUT2D eigenvalue weighted by Crippen LogP contribution is 2.27. The van der Waals surface area contributed by atoms with Crippen LogP contribution in [-0.4, -0.2) is 45.4 Å². The van der Waals surface area contributed by atoms with E-state index < -0.39 is 0 Å². The maximum absolute atomic E-state index is 13.0. The fourth-order valence-corrected chi connectivity index (χ4v) is 4.16. The van der Waals surface area contributed by atoms with Gasteiger partial charge in [0.1, 0.15) is 5.82 Å². The largest absolute Gasteiger partial charge is 0.354 e. The average Bonchev–Trinajstić information content (AvgIpc) is 3.32. The molecule has 35 heavy (non-hydrogen) atoms. The van der Waals surface area contributed by atoms with Crippen molar-refractivity contribution in [3.05, 3.63) is 96.3 Å². The predicted octanol–water partition coefficient (Wildman–Crippen LogP) is 3.64. The Balaban J connectivity index is 1.29. The molecule has 4 aromatic rings. The first-order valence-electron chi connectivity index (χ1n) is 11.1. The molecule has 0 aliphatic carbocycles. The molecule has 0 saturated heterocycles. The third-order valence-corrected chi connectivity index (χ3v) is 5.99. The molecular weight excluding hydrogens is 465 g/mol. The van der Waals surface area contributed by atoms with Crippen LogP contribution in [0.1, 0.15) is 5.56 Å². The van der Waals surface area contributed by atoms with Gasteiger partial charge in [0.05, 0.1) is 12.2 Å². The van der Waals surface area contributed by atoms with E-state index in [0.29, 0.717) is 24.1 Å². The van der Waals surface area contributed by atoms with E-state index in [4.69, 9.17) is 0 Å². The SMILES string of the molecule is O=C(CSc1nnc(-c2ccccc2)n1-c1ccccc1)NCCNC(=O)Cc1ccc(F)cc1. The van der Waals surface area contributed by atoms with Crippen molar-refractivity contribution in [3.63, 3.8) is 0 Å². The number of hydrogen-bond acceptors (Lipinski definition) is 5. The molecule has 0 fully saturated rings. The summed E-state index contributed by atoms with van der Waals surface area (Å²) in [5, 5.41) is 14.8. The van der Waals surface area contributed by atoms with Gasteiger partial charge in [-0.2, -0.15) is 0 Å². The van der Waals surface area contributed by atoms with E-state index in [1.165, 1.54) is 23.9 Å². The van der Waals surface area contributed by atoms with Crippen LogP contribution in [0.4, 0.5) is 4.39 Å². The highest BCUT2D eigenvalue weighted by molar-refractivity contribution is 7.99. The first-order chi connectivity index (χ1) is 17.1. The van der Waals surface area contributed by atoms with Crippen LogP contribution in [-0.2, 0) is 16.0 Å². The first-order valence-corrected chi connectivity index (χ1v) is 12.1. The Hall–Kier alpha value is -3.98. The molecule has 0 saturated carbocycles. The number of benzene rings is 3. The van der Waals surface area contributed by atoms with Crippen molar-refractivity contribution >= 4 is 23.6 Å². The third kappa shape index (κ3) is 6.77. The standard InChI is InChI=1S/C26H24FN5O2S/c27-21-13-11-19(12-14-21)17-23(33)28-15-16-29-24(34)18-35-26-31-30-25(20-7-3-1-4-8-20)32(26)22-9-5-2-6-10-22/h1-14H,15-18H2,(H,28,33)(H,29,34). The van der Waals surface area contributed by atoms with Crippen molar-refractivity contribution in [2.24, 2.45) is 0 Å². The number of nitrogens with one attached hydrogen (secondary N) is 2. The monoisotopic (exact) mass is 489 g/mol. The lowest BCUT2D eigenvalue weighted by atomic mass is 10.1. The van der Waals surface area contributed by atoms with E-state index in [1.54, 1.807) is 12.1 Å². The van der Waals surface area contributed by atoms with Gasteiger partial charge in [-0.15, -0.1) is 10.2 Å². The Kier molecular flexibility index (Phi) is 8.24. The quantitative estimate of drug-likeness (QED) is 0.262. The zero-order valence-electron chi connectivity index (χ0n) is 18.9. The van der Waals surface area contributed by atoms with E-state index >= 15 is 0 Å². The van der Waals surface area contributed by atoms with Gasteiger partial charge in [0.15, 0.2) is 11.0 Å². The van der Waals surface area contributed by atoms with Crippen LogP contribution in [0.25, 0.3) is 17.1 Å². The van der Waals surface area contributed by atoms with Gasteiger partial charge in [0, 0.05) is 24.3 Å². The Labute approximate surface area is 206 Å². The van der Waals surface area contributed by atoms with Gasteiger partial charge in [-0.05, 0) is 29.8 Å². The lowest BCUT2D eigenvalue weighted by molar-refractivity contribution is -0.121. The van der Waals surface area contributed by atoms with Crippen LogP contribution < -0.4 is 10.6 Å². The minimum Gasteiger partial charge on any atom is -0.354 e. The summed E-state index contributed by atoms with van der Waals surface area (Å²) in [6.07, 6.45) is 0.156. The smallest absolute Gasteiger partial charge is 0.230 e. The second kappa shape index (κ2) is 11.9. The highest BCUT2D eigenvalue weighted by atomic mass is 32.2. The Morgan fingerprint density at radius 2 is 1.43 bits per heavy atom. The van der Waals surface area contributed by atoms with Crippen molar-refractivity contribution < 1.29 is 14.0 Å². The van der Waals surface area contributed by atoms with Crippen molar-refractivity contribution in [2.45, 2.75) is 11.6 Å². The van der Waals surface area contributed by atoms with Crippen molar-refractivity contribution in [3.8, 4) is 17.1 Å². The number of hydrogen-bond donors (Lipinski definition) is 2. The number of carbonyl (C=O) groups is 2. The zero-order valence-corrected chi connectivity index (χ0v) is 19.7. The molecule has 0 aliphatic rings. The maximum atomic E-state index is 13.0. The molecule has 178 valence electrons. The van der Waals surface area contributed by atoms with E-state index in [1.807, 2.05) is 65.2 Å². The topological polar surface area (TPSA) is 88.9 Å². The fraction of sp³-hybridized carbons (Fsp3) is 0.154. The maximum Gasteiger partial charge on any atom is 0.230 e. The summed E-state index contributed by atoms with van der Waals surface area (Å²) in [6, 6.07) is 25.3. The molecule has 0 unspecified atom stereocenters. The van der Waals surface area contributed by atoms with Crippen LogP contribution in [0.5, 0.6) is 0 Å². The van der Waals surface area contributed by atoms with Crippen LogP contribution >= 0.6 is 11.8 Å². The summed E-state index contributed by atoms with van der Waals surface area (Å²) < 4.78 is 14.9. The predicted molar refractivity (Wildman–Crippen MR) is 134 cm³/mol.